The van der Waals surface area contributed by atoms with Crippen LogP contribution in [0.3, 0.4) is 0 Å². The number of pyridine rings is 2. The lowest BCUT2D eigenvalue weighted by molar-refractivity contribution is -0.250. The van der Waals surface area contributed by atoms with Crippen molar-refractivity contribution in [3.05, 3.63) is 114 Å². The zero-order valence-corrected chi connectivity index (χ0v) is 36.8. The van der Waals surface area contributed by atoms with Crippen LogP contribution in [0.15, 0.2) is 107 Å². The Hall–Kier alpha value is -4.66. The Morgan fingerprint density at radius 3 is 2.51 bits per heavy atom. The summed E-state index contributed by atoms with van der Waals surface area (Å²) < 4.78 is 52.4. The predicted octanol–water partition coefficient (Wildman–Crippen LogP) is 8.27. The zero-order chi connectivity index (χ0) is 43.4. The normalized spacial score (nSPS) is 24.2. The number of hydrogen-bond donors (Lipinski definition) is 2. The number of aromatic nitrogens is 2. The molecule has 61 heavy (non-hydrogen) atoms. The van der Waals surface area contributed by atoms with Gasteiger partial charge in [-0.1, -0.05) is 54.4 Å². The monoisotopic (exact) mass is 852 g/mol. The van der Waals surface area contributed by atoms with Crippen LogP contribution in [0.1, 0.15) is 88.6 Å². The van der Waals surface area contributed by atoms with Crippen LogP contribution in [-0.4, -0.2) is 82.9 Å². The molecule has 3 aliphatic rings. The van der Waals surface area contributed by atoms with Crippen LogP contribution in [0.5, 0.6) is 11.5 Å². The van der Waals surface area contributed by atoms with Gasteiger partial charge in [-0.2, -0.15) is 4.31 Å². The summed E-state index contributed by atoms with van der Waals surface area (Å²) in [7, 11) is -2.67. The van der Waals surface area contributed by atoms with Gasteiger partial charge in [-0.25, -0.2) is 8.42 Å². The fourth-order valence-electron chi connectivity index (χ4n) is 9.43. The number of aryl methyl sites for hydroxylation is 1. The highest BCUT2D eigenvalue weighted by Gasteiger charge is 2.65. The molecule has 2 aromatic carbocycles. The molecule has 4 aromatic rings. The van der Waals surface area contributed by atoms with Gasteiger partial charge in [-0.3, -0.25) is 9.97 Å². The first-order chi connectivity index (χ1) is 29.3. The molecule has 12 nitrogen and oxygen atoms in total. The molecule has 2 aliphatic carbocycles. The van der Waals surface area contributed by atoms with Gasteiger partial charge in [0.05, 0.1) is 35.5 Å². The quantitative estimate of drug-likeness (QED) is 0.0569. The second-order valence-corrected chi connectivity index (χ2v) is 19.4. The van der Waals surface area contributed by atoms with Crippen molar-refractivity contribution in [2.24, 2.45) is 22.9 Å². The summed E-state index contributed by atoms with van der Waals surface area (Å²) in [6.07, 6.45) is 10.1. The molecule has 7 rings (SSSR count). The molecule has 2 aromatic heterocycles. The van der Waals surface area contributed by atoms with E-state index >= 15 is 8.42 Å². The van der Waals surface area contributed by atoms with Gasteiger partial charge in [0.25, 0.3) is 0 Å². The second kappa shape index (κ2) is 18.8. The Bertz CT molecular complexity index is 2360. The number of benzene rings is 2. The van der Waals surface area contributed by atoms with E-state index < -0.39 is 33.4 Å². The lowest BCUT2D eigenvalue weighted by atomic mass is 9.55. The Morgan fingerprint density at radius 1 is 1.02 bits per heavy atom. The summed E-state index contributed by atoms with van der Waals surface area (Å²) in [6.45, 7) is 12.3. The van der Waals surface area contributed by atoms with E-state index in [4.69, 9.17) is 24.2 Å². The van der Waals surface area contributed by atoms with Crippen LogP contribution in [0, 0.1) is 24.7 Å². The van der Waals surface area contributed by atoms with Crippen molar-refractivity contribution in [2.75, 3.05) is 26.9 Å². The SMILES string of the molecule is C=CCOC12Oc3ccc(OCc4cccc(C)n4)cc3C3C(CCCCO)C(CCCCO)C=C(C(=NOC(C)(C)C)CC1N(C)S(=O)(=O)c1cccc4cccnc14)C32. The third-order valence-corrected chi connectivity index (χ3v) is 14.0. The Balaban J connectivity index is 1.45. The van der Waals surface area contributed by atoms with Crippen LogP contribution in [0.25, 0.3) is 10.9 Å². The van der Waals surface area contributed by atoms with Crippen LogP contribution in [-0.2, 0) is 26.2 Å². The first-order valence-corrected chi connectivity index (χ1v) is 22.9. The number of unbranched alkanes of at least 4 members (excludes halogenated alkanes) is 2. The van der Waals surface area contributed by atoms with Crippen molar-refractivity contribution >= 4 is 26.6 Å². The molecule has 6 atom stereocenters. The molecule has 1 saturated carbocycles. The number of nitrogens with zero attached hydrogens (tertiary/aromatic N) is 4. The van der Waals surface area contributed by atoms with Crippen LogP contribution in [0.4, 0.5) is 0 Å². The number of aliphatic hydroxyl groups excluding tert-OH is 2. The fraction of sp³-hybridized carbons (Fsp3) is 0.479. The maximum absolute atomic E-state index is 15.1. The first kappa shape index (κ1) is 44.4. The van der Waals surface area contributed by atoms with E-state index in [0.717, 1.165) is 48.2 Å². The van der Waals surface area contributed by atoms with Crippen molar-refractivity contribution < 1.29 is 37.7 Å². The minimum atomic E-state index is -4.25. The number of aliphatic hydroxyl groups is 2. The van der Waals surface area contributed by atoms with E-state index in [0.29, 0.717) is 41.0 Å². The van der Waals surface area contributed by atoms with Crippen molar-refractivity contribution in [1.82, 2.24) is 14.3 Å². The summed E-state index contributed by atoms with van der Waals surface area (Å²) in [5.41, 5.74) is 3.87. The number of likely N-dealkylation sites (N-methyl/N-ethyl adjacent to an activating group) is 1. The molecule has 326 valence electrons. The summed E-state index contributed by atoms with van der Waals surface area (Å²) in [4.78, 5) is 15.4. The molecule has 6 unspecified atom stereocenters. The van der Waals surface area contributed by atoms with Crippen LogP contribution in [0.2, 0.25) is 0 Å². The summed E-state index contributed by atoms with van der Waals surface area (Å²) >= 11 is 0. The van der Waals surface area contributed by atoms with Gasteiger partial charge >= 0.3 is 0 Å². The van der Waals surface area contributed by atoms with E-state index in [2.05, 4.69) is 22.6 Å². The predicted molar refractivity (Wildman–Crippen MR) is 236 cm³/mol. The van der Waals surface area contributed by atoms with E-state index in [1.807, 2.05) is 76.2 Å². The van der Waals surface area contributed by atoms with Gasteiger partial charge in [0.15, 0.2) is 0 Å². The molecule has 0 bridgehead atoms. The third-order valence-electron chi connectivity index (χ3n) is 12.1. The Kier molecular flexibility index (Phi) is 13.7. The average Bonchev–Trinajstić information content (AvgIpc) is 3.24. The number of ether oxygens (including phenoxy) is 3. The summed E-state index contributed by atoms with van der Waals surface area (Å²) in [5, 5.41) is 25.4. The molecule has 2 N–H and O–H groups in total. The first-order valence-electron chi connectivity index (χ1n) is 21.4. The van der Waals surface area contributed by atoms with E-state index in [-0.39, 0.29) is 55.5 Å². The number of oxime groups is 1. The topological polar surface area (TPSA) is 153 Å². The van der Waals surface area contributed by atoms with Gasteiger partial charge in [-0.05, 0) is 113 Å². The highest BCUT2D eigenvalue weighted by atomic mass is 32.2. The van der Waals surface area contributed by atoms with Gasteiger partial charge in [0, 0.05) is 55.4 Å². The average molecular weight is 853 g/mol. The van der Waals surface area contributed by atoms with Crippen molar-refractivity contribution in [2.45, 2.75) is 107 Å². The molecule has 0 amide bonds. The van der Waals surface area contributed by atoms with Crippen molar-refractivity contribution in [3.8, 4) is 11.5 Å². The van der Waals surface area contributed by atoms with Crippen LogP contribution >= 0.6 is 0 Å². The van der Waals surface area contributed by atoms with E-state index in [9.17, 15) is 10.2 Å². The Morgan fingerprint density at radius 2 is 1.77 bits per heavy atom. The highest BCUT2D eigenvalue weighted by Crippen LogP contribution is 2.62. The smallest absolute Gasteiger partial charge is 0.245 e. The largest absolute Gasteiger partial charge is 0.487 e. The molecule has 13 heteroatoms. The van der Waals surface area contributed by atoms with Gasteiger partial charge < -0.3 is 29.3 Å². The van der Waals surface area contributed by atoms with Crippen molar-refractivity contribution in [3.63, 3.8) is 0 Å². The molecule has 3 heterocycles. The molecular weight excluding hydrogens is 793 g/mol. The number of rotatable bonds is 18. The van der Waals surface area contributed by atoms with Crippen LogP contribution < -0.4 is 9.47 Å². The van der Waals surface area contributed by atoms with Gasteiger partial charge in [-0.15, -0.1) is 6.58 Å². The molecule has 0 saturated heterocycles. The maximum atomic E-state index is 15.1. The zero-order valence-electron chi connectivity index (χ0n) is 36.0. The maximum Gasteiger partial charge on any atom is 0.245 e. The summed E-state index contributed by atoms with van der Waals surface area (Å²) in [6, 6.07) is 19.5. The molecule has 1 aliphatic heterocycles. The van der Waals surface area contributed by atoms with E-state index in [1.165, 1.54) is 4.31 Å². The number of para-hydroxylation sites is 1. The number of sulfonamides is 1. The number of hydrogen-bond acceptors (Lipinski definition) is 11. The summed E-state index contributed by atoms with van der Waals surface area (Å²) in [5.74, 6) is -1.12. The van der Waals surface area contributed by atoms with Gasteiger partial charge in [0.1, 0.15) is 28.6 Å². The minimum absolute atomic E-state index is 0.00903. The Labute approximate surface area is 360 Å². The lowest BCUT2D eigenvalue weighted by Gasteiger charge is -2.59. The van der Waals surface area contributed by atoms with E-state index in [1.54, 1.807) is 37.5 Å². The standard InChI is InChI=1S/C48H60N4O8S/c1-7-27-58-48-43(52(6)61(55,56)42-21-13-17-33-18-14-24-49-46(33)42)30-40(51-60-47(3,4)5)38-28-34(16-8-10-25-53)37(20-9-11-26-54)44(45(38)48)39-29-36(22-23-41(39)59-48)57-31-35-19-12-15-32(2)50-35/h7,12-15,17-19,21-24,28-29,34,37,43-45,53-54H,1,8-11,16,20,25-27,30-31H2,2-6H3. The minimum Gasteiger partial charge on any atom is -0.487 e. The lowest BCUT2D eigenvalue weighted by Crippen LogP contribution is -2.69. The molecule has 0 radical (unpaired) electrons. The molecule has 0 spiro atoms. The fourth-order valence-corrected chi connectivity index (χ4v) is 11.0. The van der Waals surface area contributed by atoms with Gasteiger partial charge in [0.2, 0.25) is 15.8 Å². The number of allylic oxidation sites excluding steroid dienone is 1. The van der Waals surface area contributed by atoms with Crippen molar-refractivity contribution in [1.29, 1.82) is 0 Å². The third kappa shape index (κ3) is 9.27. The number of fused-ring (bicyclic) bond motifs is 3. The second-order valence-electron chi connectivity index (χ2n) is 17.4. The molecular formula is C48H60N4O8S. The molecule has 1 fully saturated rings. The highest BCUT2D eigenvalue weighted by molar-refractivity contribution is 7.89.